The van der Waals surface area contributed by atoms with Crippen LogP contribution >= 0.6 is 0 Å². The number of nitrogens with zero attached hydrogens (tertiary/aromatic N) is 3. The fourth-order valence-electron chi connectivity index (χ4n) is 3.90. The summed E-state index contributed by atoms with van der Waals surface area (Å²) in [5, 5.41) is 10.6. The highest BCUT2D eigenvalue weighted by atomic mass is 16.5. The Kier molecular flexibility index (Phi) is 5.59. The van der Waals surface area contributed by atoms with Crippen LogP contribution < -0.4 is 15.4 Å². The van der Waals surface area contributed by atoms with Crippen LogP contribution in [-0.2, 0) is 11.4 Å². The van der Waals surface area contributed by atoms with E-state index in [1.165, 1.54) is 6.33 Å². The molecule has 164 valence electrons. The number of carbonyl (C=O) groups is 1. The summed E-state index contributed by atoms with van der Waals surface area (Å²) in [6.45, 7) is 2.37. The van der Waals surface area contributed by atoms with Gasteiger partial charge in [0.25, 0.3) is 5.91 Å². The number of aromatic nitrogens is 3. The summed E-state index contributed by atoms with van der Waals surface area (Å²) in [5.41, 5.74) is 4.06. The lowest BCUT2D eigenvalue weighted by Crippen LogP contribution is -2.31. The van der Waals surface area contributed by atoms with Crippen LogP contribution in [0.15, 0.2) is 103 Å². The van der Waals surface area contributed by atoms with Gasteiger partial charge in [-0.25, -0.2) is 4.68 Å². The Hall–Kier alpha value is -4.39. The zero-order chi connectivity index (χ0) is 22.6. The predicted molar refractivity (Wildman–Crippen MR) is 127 cm³/mol. The molecule has 7 heteroatoms. The second-order valence-electron chi connectivity index (χ2n) is 7.76. The van der Waals surface area contributed by atoms with Crippen molar-refractivity contribution in [3.63, 3.8) is 0 Å². The molecular weight excluding hydrogens is 414 g/mol. The van der Waals surface area contributed by atoms with Crippen molar-refractivity contribution in [1.82, 2.24) is 14.8 Å². The first-order valence-electron chi connectivity index (χ1n) is 10.7. The van der Waals surface area contributed by atoms with Gasteiger partial charge in [-0.2, -0.15) is 10.1 Å². The number of nitrogens with one attached hydrogen (secondary N) is 2. The van der Waals surface area contributed by atoms with Gasteiger partial charge >= 0.3 is 0 Å². The zero-order valence-electron chi connectivity index (χ0n) is 18.1. The van der Waals surface area contributed by atoms with Crippen LogP contribution in [0.25, 0.3) is 0 Å². The third kappa shape index (κ3) is 4.34. The van der Waals surface area contributed by atoms with Gasteiger partial charge in [0.1, 0.15) is 24.7 Å². The third-order valence-corrected chi connectivity index (χ3v) is 5.51. The zero-order valence-corrected chi connectivity index (χ0v) is 18.1. The van der Waals surface area contributed by atoms with Crippen molar-refractivity contribution >= 4 is 17.5 Å². The van der Waals surface area contributed by atoms with Crippen molar-refractivity contribution in [3.05, 3.63) is 114 Å². The van der Waals surface area contributed by atoms with E-state index in [2.05, 4.69) is 20.7 Å². The molecule has 1 aromatic heterocycles. The molecule has 0 aliphatic carbocycles. The molecule has 1 unspecified atom stereocenters. The highest BCUT2D eigenvalue weighted by molar-refractivity contribution is 6.06. The van der Waals surface area contributed by atoms with E-state index in [4.69, 9.17) is 4.74 Å². The second kappa shape index (κ2) is 9.00. The van der Waals surface area contributed by atoms with Crippen LogP contribution in [0.3, 0.4) is 0 Å². The SMILES string of the molecule is CC1=C(C(=O)Nc2ccccc2)C(c2ccc(OCc3ccccc3)cc2)n2ncnc2N1. The number of hydrogen-bond donors (Lipinski definition) is 2. The van der Waals surface area contributed by atoms with Crippen molar-refractivity contribution in [2.24, 2.45) is 0 Å². The summed E-state index contributed by atoms with van der Waals surface area (Å²) in [7, 11) is 0. The number of rotatable bonds is 6. The van der Waals surface area contributed by atoms with Crippen molar-refractivity contribution in [3.8, 4) is 5.75 Å². The summed E-state index contributed by atoms with van der Waals surface area (Å²) >= 11 is 0. The third-order valence-electron chi connectivity index (χ3n) is 5.51. The van der Waals surface area contributed by atoms with E-state index < -0.39 is 6.04 Å². The number of hydrogen-bond acceptors (Lipinski definition) is 5. The number of amides is 1. The minimum atomic E-state index is -0.421. The van der Waals surface area contributed by atoms with Crippen LogP contribution in [0.5, 0.6) is 5.75 Å². The van der Waals surface area contributed by atoms with Gasteiger partial charge in [-0.3, -0.25) is 4.79 Å². The summed E-state index contributed by atoms with van der Waals surface area (Å²) in [6, 6.07) is 26.8. The number of ether oxygens (including phenoxy) is 1. The Balaban J connectivity index is 1.42. The Bertz CT molecular complexity index is 1280. The molecule has 2 heterocycles. The molecule has 2 N–H and O–H groups in total. The minimum Gasteiger partial charge on any atom is -0.489 e. The van der Waals surface area contributed by atoms with Gasteiger partial charge in [-0.15, -0.1) is 0 Å². The smallest absolute Gasteiger partial charge is 0.255 e. The number of para-hydroxylation sites is 1. The average Bonchev–Trinajstić information content (AvgIpc) is 3.31. The topological polar surface area (TPSA) is 81.1 Å². The Morgan fingerprint density at radius 3 is 2.42 bits per heavy atom. The van der Waals surface area contributed by atoms with Gasteiger partial charge in [0, 0.05) is 11.4 Å². The molecule has 0 spiro atoms. The molecule has 0 radical (unpaired) electrons. The van der Waals surface area contributed by atoms with Crippen LogP contribution in [0.2, 0.25) is 0 Å². The Morgan fingerprint density at radius 2 is 1.70 bits per heavy atom. The van der Waals surface area contributed by atoms with Crippen molar-refractivity contribution in [2.45, 2.75) is 19.6 Å². The molecule has 7 nitrogen and oxygen atoms in total. The Morgan fingerprint density at radius 1 is 1.00 bits per heavy atom. The van der Waals surface area contributed by atoms with Crippen LogP contribution in [0, 0.1) is 0 Å². The van der Waals surface area contributed by atoms with Crippen LogP contribution in [0.4, 0.5) is 11.6 Å². The minimum absolute atomic E-state index is 0.193. The number of allylic oxidation sites excluding steroid dienone is 1. The normalized spacial score (nSPS) is 14.9. The molecule has 1 aliphatic rings. The Labute approximate surface area is 191 Å². The van der Waals surface area contributed by atoms with Crippen molar-refractivity contribution in [2.75, 3.05) is 10.6 Å². The number of fused-ring (bicyclic) bond motifs is 1. The molecule has 0 saturated heterocycles. The maximum absolute atomic E-state index is 13.3. The fourth-order valence-corrected chi connectivity index (χ4v) is 3.90. The largest absolute Gasteiger partial charge is 0.489 e. The molecule has 3 aromatic carbocycles. The molecule has 33 heavy (non-hydrogen) atoms. The molecule has 1 amide bonds. The van der Waals surface area contributed by atoms with Gasteiger partial charge in [0.15, 0.2) is 0 Å². The van der Waals surface area contributed by atoms with Crippen molar-refractivity contribution < 1.29 is 9.53 Å². The van der Waals surface area contributed by atoms with E-state index >= 15 is 0 Å². The molecule has 0 bridgehead atoms. The fraction of sp³-hybridized carbons (Fsp3) is 0.115. The first-order chi connectivity index (χ1) is 16.2. The van der Waals surface area contributed by atoms with E-state index in [1.807, 2.05) is 91.9 Å². The summed E-state index contributed by atoms with van der Waals surface area (Å²) < 4.78 is 7.65. The van der Waals surface area contributed by atoms with Gasteiger partial charge < -0.3 is 15.4 Å². The van der Waals surface area contributed by atoms with E-state index in [-0.39, 0.29) is 5.91 Å². The highest BCUT2D eigenvalue weighted by Crippen LogP contribution is 2.35. The highest BCUT2D eigenvalue weighted by Gasteiger charge is 2.33. The molecular formula is C26H23N5O2. The maximum atomic E-state index is 13.3. The molecule has 4 aromatic rings. The predicted octanol–water partition coefficient (Wildman–Crippen LogP) is 4.78. The van der Waals surface area contributed by atoms with Crippen molar-refractivity contribution in [1.29, 1.82) is 0 Å². The molecule has 5 rings (SSSR count). The quantitative estimate of drug-likeness (QED) is 0.454. The maximum Gasteiger partial charge on any atom is 0.255 e. The lowest BCUT2D eigenvalue weighted by molar-refractivity contribution is -0.113. The van der Waals surface area contributed by atoms with Gasteiger partial charge in [0.05, 0.1) is 5.57 Å². The number of carbonyl (C=O) groups excluding carboxylic acids is 1. The molecule has 1 aliphatic heterocycles. The summed E-state index contributed by atoms with van der Waals surface area (Å²) in [5.74, 6) is 1.16. The average molecular weight is 438 g/mol. The van der Waals surface area contributed by atoms with Crippen LogP contribution in [-0.4, -0.2) is 20.7 Å². The molecule has 1 atom stereocenters. The summed E-state index contributed by atoms with van der Waals surface area (Å²) in [6.07, 6.45) is 1.48. The lowest BCUT2D eigenvalue weighted by Gasteiger charge is -2.28. The first-order valence-corrected chi connectivity index (χ1v) is 10.7. The van der Waals surface area contributed by atoms with Gasteiger partial charge in [-0.1, -0.05) is 60.7 Å². The number of benzene rings is 3. The standard InChI is InChI=1S/C26H23N5O2/c1-18-23(25(32)30-21-10-6-3-7-11-21)24(31-26(29-18)27-17-28-31)20-12-14-22(15-13-20)33-16-19-8-4-2-5-9-19/h2-15,17,24H,16H2,1H3,(H,30,32)(H,27,28,29). The molecule has 0 fully saturated rings. The van der Waals surface area contributed by atoms with E-state index in [9.17, 15) is 4.79 Å². The molecule has 0 saturated carbocycles. The first kappa shape index (κ1) is 20.5. The van der Waals surface area contributed by atoms with Crippen LogP contribution in [0.1, 0.15) is 24.1 Å². The monoisotopic (exact) mass is 437 g/mol. The van der Waals surface area contributed by atoms with E-state index in [1.54, 1.807) is 4.68 Å². The summed E-state index contributed by atoms with van der Waals surface area (Å²) in [4.78, 5) is 17.6. The number of anilines is 2. The second-order valence-corrected chi connectivity index (χ2v) is 7.76. The van der Waals surface area contributed by atoms with Gasteiger partial charge in [0.2, 0.25) is 5.95 Å². The van der Waals surface area contributed by atoms with Gasteiger partial charge in [-0.05, 0) is 42.3 Å². The van der Waals surface area contributed by atoms with E-state index in [0.717, 1.165) is 28.3 Å². The lowest BCUT2D eigenvalue weighted by atomic mass is 9.95. The van der Waals surface area contributed by atoms with E-state index in [0.29, 0.717) is 18.1 Å².